The molecule has 5 nitrogen and oxygen atoms in total. The molecular formula is C20H38ClN3O2S. The van der Waals surface area contributed by atoms with E-state index in [1.54, 1.807) is 6.92 Å². The molecule has 1 aliphatic carbocycles. The molecule has 1 heterocycles. The van der Waals surface area contributed by atoms with Gasteiger partial charge in [-0.15, -0.1) is 12.4 Å². The van der Waals surface area contributed by atoms with E-state index in [1.807, 2.05) is 4.90 Å². The monoisotopic (exact) mass is 419 g/mol. The fourth-order valence-electron chi connectivity index (χ4n) is 4.04. The smallest absolute Gasteiger partial charge is 0.317 e. The van der Waals surface area contributed by atoms with Crippen LogP contribution in [0.3, 0.4) is 0 Å². The minimum Gasteiger partial charge on any atom is -0.337 e. The van der Waals surface area contributed by atoms with Crippen molar-refractivity contribution in [2.45, 2.75) is 64.7 Å². The van der Waals surface area contributed by atoms with Crippen LogP contribution in [0.2, 0.25) is 0 Å². The minimum absolute atomic E-state index is 0. The highest BCUT2D eigenvalue weighted by atomic mass is 35.5. The number of thioether (sulfide) groups is 1. The molecule has 0 bridgehead atoms. The van der Waals surface area contributed by atoms with E-state index >= 15 is 0 Å². The molecule has 1 aliphatic heterocycles. The number of halogens is 1. The van der Waals surface area contributed by atoms with Crippen LogP contribution in [0, 0.1) is 5.92 Å². The number of amides is 2. The van der Waals surface area contributed by atoms with Crippen molar-refractivity contribution < 1.29 is 9.59 Å². The molecule has 1 saturated carbocycles. The zero-order valence-electron chi connectivity index (χ0n) is 16.9. The van der Waals surface area contributed by atoms with Gasteiger partial charge in [-0.2, -0.15) is 0 Å². The Balaban J connectivity index is 0.00000364. The number of hydrogen-bond acceptors (Lipinski definition) is 4. The standard InChI is InChI=1S/C20H37N3O2S.ClH/c1-18(24)26-17-16-23(14-10-19-8-4-2-5-9-19)20(25)21-11-15-22-12-6-3-7-13-22;/h19H,2-17H2,1H3,(H,21,25);1H. The number of piperidine rings is 1. The van der Waals surface area contributed by atoms with Crippen LogP contribution in [0.15, 0.2) is 0 Å². The summed E-state index contributed by atoms with van der Waals surface area (Å²) in [4.78, 5) is 28.2. The first-order valence-electron chi connectivity index (χ1n) is 10.5. The van der Waals surface area contributed by atoms with E-state index in [4.69, 9.17) is 0 Å². The van der Waals surface area contributed by atoms with Gasteiger partial charge in [-0.3, -0.25) is 4.79 Å². The predicted octanol–water partition coefficient (Wildman–Crippen LogP) is 4.16. The van der Waals surface area contributed by atoms with Gasteiger partial charge >= 0.3 is 6.03 Å². The van der Waals surface area contributed by atoms with Crippen molar-refractivity contribution in [3.63, 3.8) is 0 Å². The van der Waals surface area contributed by atoms with Crippen LogP contribution in [0.5, 0.6) is 0 Å². The van der Waals surface area contributed by atoms with Crippen molar-refractivity contribution in [1.82, 2.24) is 15.1 Å². The zero-order chi connectivity index (χ0) is 18.6. The summed E-state index contributed by atoms with van der Waals surface area (Å²) in [5.41, 5.74) is 0. The molecular weight excluding hydrogens is 382 g/mol. The molecule has 158 valence electrons. The third-order valence-corrected chi connectivity index (χ3v) is 6.43. The highest BCUT2D eigenvalue weighted by Gasteiger charge is 2.18. The topological polar surface area (TPSA) is 52.7 Å². The second kappa shape index (κ2) is 14.5. The summed E-state index contributed by atoms with van der Waals surface area (Å²) in [6, 6.07) is 0.0435. The van der Waals surface area contributed by atoms with Gasteiger partial charge in [-0.05, 0) is 38.3 Å². The molecule has 0 aromatic rings. The molecule has 1 saturated heterocycles. The van der Waals surface area contributed by atoms with Gasteiger partial charge in [0.25, 0.3) is 0 Å². The second-order valence-corrected chi connectivity index (χ2v) is 9.03. The van der Waals surface area contributed by atoms with E-state index in [2.05, 4.69) is 10.2 Å². The number of likely N-dealkylation sites (tertiary alicyclic amines) is 1. The fourth-order valence-corrected chi connectivity index (χ4v) is 4.64. The summed E-state index contributed by atoms with van der Waals surface area (Å²) >= 11 is 1.32. The molecule has 0 aromatic carbocycles. The molecule has 2 amide bonds. The number of hydrogen-bond donors (Lipinski definition) is 1. The predicted molar refractivity (Wildman–Crippen MR) is 117 cm³/mol. The molecule has 7 heteroatoms. The van der Waals surface area contributed by atoms with Crippen molar-refractivity contribution in [1.29, 1.82) is 0 Å². The highest BCUT2D eigenvalue weighted by molar-refractivity contribution is 8.13. The molecule has 0 atom stereocenters. The van der Waals surface area contributed by atoms with E-state index < -0.39 is 0 Å². The van der Waals surface area contributed by atoms with E-state index in [9.17, 15) is 9.59 Å². The molecule has 0 radical (unpaired) electrons. The van der Waals surface area contributed by atoms with Gasteiger partial charge in [-0.25, -0.2) is 4.79 Å². The molecule has 1 N–H and O–H groups in total. The van der Waals surface area contributed by atoms with Gasteiger partial charge in [0, 0.05) is 38.9 Å². The summed E-state index contributed by atoms with van der Waals surface area (Å²) in [6.45, 7) is 7.07. The van der Waals surface area contributed by atoms with Crippen LogP contribution in [0.4, 0.5) is 4.79 Å². The maximum absolute atomic E-state index is 12.6. The van der Waals surface area contributed by atoms with Gasteiger partial charge in [0.05, 0.1) is 0 Å². The highest BCUT2D eigenvalue weighted by Crippen LogP contribution is 2.26. The van der Waals surface area contributed by atoms with E-state index in [1.165, 1.54) is 63.1 Å². The Labute approximate surface area is 175 Å². The van der Waals surface area contributed by atoms with Crippen LogP contribution in [-0.2, 0) is 4.79 Å². The Morgan fingerprint density at radius 3 is 2.37 bits per heavy atom. The summed E-state index contributed by atoms with van der Waals surface area (Å²) < 4.78 is 0. The number of urea groups is 1. The average Bonchev–Trinajstić information content (AvgIpc) is 2.66. The molecule has 27 heavy (non-hydrogen) atoms. The first-order chi connectivity index (χ1) is 12.6. The van der Waals surface area contributed by atoms with Gasteiger partial charge in [0.15, 0.2) is 5.12 Å². The minimum atomic E-state index is 0. The molecule has 2 fully saturated rings. The Hall–Kier alpha value is -0.460. The van der Waals surface area contributed by atoms with Crippen LogP contribution >= 0.6 is 24.2 Å². The maximum Gasteiger partial charge on any atom is 0.317 e. The lowest BCUT2D eigenvalue weighted by molar-refractivity contribution is -0.109. The largest absolute Gasteiger partial charge is 0.337 e. The Morgan fingerprint density at radius 2 is 1.70 bits per heavy atom. The Bertz CT molecular complexity index is 427. The lowest BCUT2D eigenvalue weighted by Gasteiger charge is -2.29. The van der Waals surface area contributed by atoms with Crippen molar-refractivity contribution >= 4 is 35.3 Å². The Morgan fingerprint density at radius 1 is 1.04 bits per heavy atom. The number of carbonyl (C=O) groups excluding carboxylic acids is 2. The SMILES string of the molecule is CC(=O)SCCN(CCC1CCCCC1)C(=O)NCCN1CCCCC1.Cl. The average molecular weight is 420 g/mol. The summed E-state index contributed by atoms with van der Waals surface area (Å²) in [5, 5.41) is 3.23. The zero-order valence-corrected chi connectivity index (χ0v) is 18.6. The molecule has 0 aromatic heterocycles. The van der Waals surface area contributed by atoms with Crippen molar-refractivity contribution in [2.24, 2.45) is 5.92 Å². The fraction of sp³-hybridized carbons (Fsp3) is 0.900. The Kier molecular flexibility index (Phi) is 13.2. The summed E-state index contributed by atoms with van der Waals surface area (Å²) in [6.07, 6.45) is 11.7. The lowest BCUT2D eigenvalue weighted by atomic mass is 9.87. The van der Waals surface area contributed by atoms with E-state index in [-0.39, 0.29) is 23.6 Å². The van der Waals surface area contributed by atoms with Crippen LogP contribution in [0.1, 0.15) is 64.7 Å². The maximum atomic E-state index is 12.6. The molecule has 0 unspecified atom stereocenters. The van der Waals surface area contributed by atoms with Gasteiger partial charge < -0.3 is 15.1 Å². The van der Waals surface area contributed by atoms with Crippen LogP contribution in [0.25, 0.3) is 0 Å². The van der Waals surface area contributed by atoms with Crippen molar-refractivity contribution in [2.75, 3.05) is 45.0 Å². The van der Waals surface area contributed by atoms with E-state index in [0.29, 0.717) is 12.3 Å². The first-order valence-corrected chi connectivity index (χ1v) is 11.5. The third kappa shape index (κ3) is 10.6. The van der Waals surface area contributed by atoms with E-state index in [0.717, 1.165) is 45.1 Å². The van der Waals surface area contributed by atoms with Crippen LogP contribution in [-0.4, -0.2) is 66.0 Å². The summed E-state index contributed by atoms with van der Waals surface area (Å²) in [5.74, 6) is 1.47. The van der Waals surface area contributed by atoms with Gasteiger partial charge in [-0.1, -0.05) is 50.3 Å². The quantitative estimate of drug-likeness (QED) is 0.609. The normalized spacial score (nSPS) is 18.6. The number of nitrogens with one attached hydrogen (secondary N) is 1. The summed E-state index contributed by atoms with van der Waals surface area (Å²) in [7, 11) is 0. The third-order valence-electron chi connectivity index (χ3n) is 5.64. The number of rotatable bonds is 9. The van der Waals surface area contributed by atoms with Crippen molar-refractivity contribution in [3.05, 3.63) is 0 Å². The molecule has 2 aliphatic rings. The molecule has 0 spiro atoms. The number of carbonyl (C=O) groups is 2. The van der Waals surface area contributed by atoms with Crippen LogP contribution < -0.4 is 5.32 Å². The molecule has 2 rings (SSSR count). The first kappa shape index (κ1) is 24.6. The van der Waals surface area contributed by atoms with Gasteiger partial charge in [0.1, 0.15) is 0 Å². The van der Waals surface area contributed by atoms with Gasteiger partial charge in [0.2, 0.25) is 0 Å². The lowest BCUT2D eigenvalue weighted by Crippen LogP contribution is -2.45. The van der Waals surface area contributed by atoms with Crippen molar-refractivity contribution in [3.8, 4) is 0 Å². The second-order valence-electron chi connectivity index (χ2n) is 7.75. The number of nitrogens with zero attached hydrogens (tertiary/aromatic N) is 2.